The third-order valence-electron chi connectivity index (χ3n) is 5.59. The molecule has 168 valence electrons. The Kier molecular flexibility index (Phi) is 6.31. The van der Waals surface area contributed by atoms with E-state index in [-0.39, 0.29) is 0 Å². The van der Waals surface area contributed by atoms with Crippen molar-refractivity contribution in [2.75, 3.05) is 31.2 Å². The molecule has 1 aromatic heterocycles. The molecule has 0 amide bonds. The first-order valence-corrected chi connectivity index (χ1v) is 13.0. The van der Waals surface area contributed by atoms with Gasteiger partial charge in [0.2, 0.25) is 11.8 Å². The summed E-state index contributed by atoms with van der Waals surface area (Å²) >= 11 is 12.6. The molecule has 1 aliphatic heterocycles. The van der Waals surface area contributed by atoms with Crippen LogP contribution in [0.4, 0.5) is 5.88 Å². The lowest BCUT2D eigenvalue weighted by Gasteiger charge is -2.28. The molecule has 2 heterocycles. The van der Waals surface area contributed by atoms with Crippen LogP contribution < -0.4 is 20.9 Å². The minimum Gasteiger partial charge on any atom is -0.420 e. The normalized spacial score (nSPS) is 14.4. The molecule has 1 aliphatic rings. The molecule has 0 spiro atoms. The second-order valence-corrected chi connectivity index (χ2v) is 11.2. The van der Waals surface area contributed by atoms with Crippen molar-refractivity contribution >= 4 is 52.3 Å². The van der Waals surface area contributed by atoms with E-state index in [0.717, 1.165) is 0 Å². The Hall–Kier alpha value is -2.56. The Morgan fingerprint density at radius 3 is 2.03 bits per heavy atom. The highest BCUT2D eigenvalue weighted by molar-refractivity contribution is 7.85. The summed E-state index contributed by atoms with van der Waals surface area (Å²) in [5, 5.41) is 2.31. The molecule has 3 aromatic carbocycles. The average Bonchev–Trinajstić information content (AvgIpc) is 3.31. The molecule has 0 bridgehead atoms. The monoisotopic (exact) mass is 498 g/mol. The molecular formula is C25H21Cl2N2O3P. The van der Waals surface area contributed by atoms with Gasteiger partial charge < -0.3 is 18.6 Å². The van der Waals surface area contributed by atoms with Crippen LogP contribution in [-0.4, -0.2) is 31.3 Å². The van der Waals surface area contributed by atoms with E-state index in [2.05, 4.69) is 0 Å². The third-order valence-corrected chi connectivity index (χ3v) is 9.08. The fraction of sp³-hybridized carbons (Fsp3) is 0.160. The van der Waals surface area contributed by atoms with Crippen LogP contribution in [0.15, 0.2) is 83.3 Å². The van der Waals surface area contributed by atoms with Crippen molar-refractivity contribution in [3.8, 4) is 11.5 Å². The molecule has 0 unspecified atom stereocenters. The first-order chi connectivity index (χ1) is 16.1. The standard InChI is InChI=1S/C25H21Cl2N2O3P/c26-18-11-12-21(22(27)17-18)23-28-24(25(32-23)29-13-15-31-16-14-29)33(30,19-7-3-1-4-8-19)20-9-5-2-6-10-20/h1-12,17H,13-16H2. The zero-order chi connectivity index (χ0) is 22.8. The van der Waals surface area contributed by atoms with Crippen LogP contribution in [0.1, 0.15) is 0 Å². The van der Waals surface area contributed by atoms with Crippen molar-refractivity contribution < 1.29 is 13.7 Å². The first-order valence-electron chi connectivity index (χ1n) is 10.6. The van der Waals surface area contributed by atoms with Crippen LogP contribution in [0.3, 0.4) is 0 Å². The van der Waals surface area contributed by atoms with E-state index in [0.29, 0.717) is 69.7 Å². The molecule has 1 saturated heterocycles. The predicted molar refractivity (Wildman–Crippen MR) is 134 cm³/mol. The maximum absolute atomic E-state index is 15.0. The molecule has 4 aromatic rings. The summed E-state index contributed by atoms with van der Waals surface area (Å²) in [5.41, 5.74) is 0.998. The van der Waals surface area contributed by atoms with Crippen molar-refractivity contribution in [3.05, 3.63) is 88.9 Å². The number of hydrogen-bond acceptors (Lipinski definition) is 5. The van der Waals surface area contributed by atoms with Crippen molar-refractivity contribution in [3.63, 3.8) is 0 Å². The topological polar surface area (TPSA) is 55.6 Å². The van der Waals surface area contributed by atoms with Gasteiger partial charge in [-0.1, -0.05) is 83.9 Å². The summed E-state index contributed by atoms with van der Waals surface area (Å²) in [6.07, 6.45) is 0. The van der Waals surface area contributed by atoms with Gasteiger partial charge in [-0.2, -0.15) is 0 Å². The van der Waals surface area contributed by atoms with E-state index in [1.807, 2.05) is 65.6 Å². The number of aromatic nitrogens is 1. The van der Waals surface area contributed by atoms with Gasteiger partial charge in [0.1, 0.15) is 0 Å². The Balaban J connectivity index is 1.76. The summed E-state index contributed by atoms with van der Waals surface area (Å²) in [6.45, 7) is 2.33. The number of anilines is 1. The van der Waals surface area contributed by atoms with Gasteiger partial charge in [-0.25, -0.2) is 4.98 Å². The van der Waals surface area contributed by atoms with E-state index in [1.54, 1.807) is 18.2 Å². The van der Waals surface area contributed by atoms with Crippen LogP contribution in [0.5, 0.6) is 0 Å². The smallest absolute Gasteiger partial charge is 0.231 e. The highest BCUT2D eigenvalue weighted by atomic mass is 35.5. The van der Waals surface area contributed by atoms with Crippen LogP contribution in [0, 0.1) is 0 Å². The molecule has 0 aliphatic carbocycles. The minimum absolute atomic E-state index is 0.306. The van der Waals surface area contributed by atoms with Gasteiger partial charge in [-0.15, -0.1) is 0 Å². The lowest BCUT2D eigenvalue weighted by molar-refractivity contribution is 0.121. The maximum Gasteiger partial charge on any atom is 0.231 e. The number of rotatable bonds is 5. The molecule has 5 nitrogen and oxygen atoms in total. The second-order valence-electron chi connectivity index (χ2n) is 7.65. The first kappa shape index (κ1) is 22.2. The Bertz CT molecular complexity index is 1260. The van der Waals surface area contributed by atoms with Crippen molar-refractivity contribution in [1.82, 2.24) is 4.98 Å². The molecular weight excluding hydrogens is 478 g/mol. The van der Waals surface area contributed by atoms with Gasteiger partial charge in [-0.05, 0) is 18.2 Å². The summed E-state index contributed by atoms with van der Waals surface area (Å²) in [7, 11) is -3.36. The number of nitrogens with zero attached hydrogens (tertiary/aromatic N) is 2. The average molecular weight is 499 g/mol. The van der Waals surface area contributed by atoms with Crippen LogP contribution in [-0.2, 0) is 9.30 Å². The van der Waals surface area contributed by atoms with Gasteiger partial charge >= 0.3 is 0 Å². The van der Waals surface area contributed by atoms with E-state index >= 15 is 4.57 Å². The zero-order valence-corrected chi connectivity index (χ0v) is 20.1. The Morgan fingerprint density at radius 1 is 0.848 bits per heavy atom. The van der Waals surface area contributed by atoms with E-state index in [4.69, 9.17) is 37.3 Å². The highest BCUT2D eigenvalue weighted by Gasteiger charge is 2.39. The molecule has 0 atom stereocenters. The number of morpholine rings is 1. The van der Waals surface area contributed by atoms with Gasteiger partial charge in [0, 0.05) is 28.7 Å². The number of benzene rings is 3. The van der Waals surface area contributed by atoms with Gasteiger partial charge in [0.05, 0.1) is 23.8 Å². The van der Waals surface area contributed by atoms with Crippen molar-refractivity contribution in [2.24, 2.45) is 0 Å². The molecule has 0 N–H and O–H groups in total. The summed E-state index contributed by atoms with van der Waals surface area (Å²) in [5.74, 6) is 0.788. The maximum atomic E-state index is 15.0. The van der Waals surface area contributed by atoms with Crippen molar-refractivity contribution in [1.29, 1.82) is 0 Å². The number of halogens is 2. The molecule has 1 fully saturated rings. The third kappa shape index (κ3) is 4.22. The second kappa shape index (κ2) is 9.36. The summed E-state index contributed by atoms with van der Waals surface area (Å²) in [4.78, 5) is 6.87. The largest absolute Gasteiger partial charge is 0.420 e. The van der Waals surface area contributed by atoms with Crippen LogP contribution in [0.25, 0.3) is 11.5 Å². The number of hydrogen-bond donors (Lipinski definition) is 0. The fourth-order valence-corrected chi connectivity index (χ4v) is 7.08. The molecule has 33 heavy (non-hydrogen) atoms. The fourth-order valence-electron chi connectivity index (χ4n) is 3.93. The molecule has 8 heteroatoms. The van der Waals surface area contributed by atoms with E-state index in [9.17, 15) is 0 Å². The lowest BCUT2D eigenvalue weighted by atomic mass is 10.2. The highest BCUT2D eigenvalue weighted by Crippen LogP contribution is 2.46. The van der Waals surface area contributed by atoms with Gasteiger partial charge in [-0.3, -0.25) is 0 Å². The summed E-state index contributed by atoms with van der Waals surface area (Å²) < 4.78 is 26.9. The molecule has 0 radical (unpaired) electrons. The van der Waals surface area contributed by atoms with Crippen LogP contribution >= 0.6 is 30.3 Å². The van der Waals surface area contributed by atoms with Crippen molar-refractivity contribution in [2.45, 2.75) is 0 Å². The molecule has 0 saturated carbocycles. The quantitative estimate of drug-likeness (QED) is 0.357. The molecule has 5 rings (SSSR count). The van der Waals surface area contributed by atoms with Gasteiger partial charge in [0.25, 0.3) is 0 Å². The Morgan fingerprint density at radius 2 is 1.45 bits per heavy atom. The number of oxazole rings is 1. The Labute approximate surface area is 202 Å². The van der Waals surface area contributed by atoms with E-state index < -0.39 is 7.14 Å². The van der Waals surface area contributed by atoms with E-state index in [1.165, 1.54) is 0 Å². The lowest BCUT2D eigenvalue weighted by Crippen LogP contribution is -2.39. The minimum atomic E-state index is -3.36. The SMILES string of the molecule is O=P(c1ccccc1)(c1ccccc1)c1nc(-c2ccc(Cl)cc2Cl)oc1N1CCOCC1. The number of ether oxygens (including phenoxy) is 1. The predicted octanol–water partition coefficient (Wildman–Crippen LogP) is 5.12. The van der Waals surface area contributed by atoms with Gasteiger partial charge in [0.15, 0.2) is 12.6 Å². The zero-order valence-electron chi connectivity index (χ0n) is 17.7. The summed E-state index contributed by atoms with van der Waals surface area (Å²) in [6, 6.07) is 24.0. The van der Waals surface area contributed by atoms with Crippen LogP contribution in [0.2, 0.25) is 10.0 Å².